The van der Waals surface area contributed by atoms with Gasteiger partial charge in [-0.2, -0.15) is 0 Å². The normalized spacial score (nSPS) is 18.7. The van der Waals surface area contributed by atoms with Crippen LogP contribution in [0.15, 0.2) is 0 Å². The Kier molecular flexibility index (Phi) is 12.0. The Morgan fingerprint density at radius 2 is 2.42 bits per heavy atom. The molecule has 1 rings (SSSR count). The fourth-order valence-corrected chi connectivity index (χ4v) is 0.690. The van der Waals surface area contributed by atoms with Crippen LogP contribution in [0.1, 0.15) is 0 Å². The molecule has 1 fully saturated rings. The second-order valence-corrected chi connectivity index (χ2v) is 1.96. The van der Waals surface area contributed by atoms with E-state index in [1.807, 2.05) is 0 Å². The summed E-state index contributed by atoms with van der Waals surface area (Å²) in [5.41, 5.74) is 0. The van der Waals surface area contributed by atoms with Crippen LogP contribution in [0.3, 0.4) is 0 Å². The smallest absolute Gasteiger partial charge is 0.812 e. The number of nitriles is 1. The van der Waals surface area contributed by atoms with E-state index in [-0.39, 0.29) is 63.6 Å². The maximum Gasteiger partial charge on any atom is 1.00 e. The van der Waals surface area contributed by atoms with E-state index in [2.05, 4.69) is 10.1 Å². The first-order valence-electron chi connectivity index (χ1n) is 2.76. The Hall–Kier alpha value is 0.486. The van der Waals surface area contributed by atoms with Crippen LogP contribution < -0.4 is 61.8 Å². The molecule has 62 valence electrons. The molecule has 1 N–H and O–H groups in total. The van der Waals surface area contributed by atoms with E-state index in [9.17, 15) is 4.79 Å². The van der Waals surface area contributed by atoms with Gasteiger partial charge in [0.1, 0.15) is 6.10 Å². The number of carbonyl (C=O) groups excluding carboxylic acids is 1. The van der Waals surface area contributed by atoms with E-state index in [1.165, 1.54) is 0 Å². The molecule has 0 spiro atoms. The maximum absolute atomic E-state index is 10.2. The predicted octanol–water partition coefficient (Wildman–Crippen LogP) is -3.83. The molecule has 1 aliphatic heterocycles. The molecule has 0 radical (unpaired) electrons. The second kappa shape index (κ2) is 9.57. The van der Waals surface area contributed by atoms with Crippen molar-refractivity contribution in [3.05, 3.63) is 0 Å². The van der Waals surface area contributed by atoms with Gasteiger partial charge in [0.25, 0.3) is 0 Å². The summed E-state index contributed by atoms with van der Waals surface area (Å²) >= 11 is 5.36. The van der Waals surface area contributed by atoms with Gasteiger partial charge in [0.05, 0.1) is 12.4 Å². The third-order valence-electron chi connectivity index (χ3n) is 0.920. The molecule has 0 aromatic heterocycles. The van der Waals surface area contributed by atoms with Crippen molar-refractivity contribution in [2.75, 3.05) is 12.4 Å². The Labute approximate surface area is 117 Å². The van der Waals surface area contributed by atoms with E-state index in [1.54, 1.807) is 0 Å². The number of nitrogens with one attached hydrogen (secondary N) is 1. The number of nitrogens with zero attached hydrogens (tertiary/aromatic N) is 1. The molecule has 0 bridgehead atoms. The molecule has 1 aliphatic rings. The van der Waals surface area contributed by atoms with Crippen LogP contribution in [-0.2, 0) is 4.74 Å². The number of hydrogen-bond donors (Lipinski definition) is 1. The van der Waals surface area contributed by atoms with E-state index < -0.39 is 0 Å². The summed E-state index contributed by atoms with van der Waals surface area (Å²) in [5, 5.41) is 17.5. The average molecular weight is 217 g/mol. The molecule has 12 heavy (non-hydrogen) atoms. The van der Waals surface area contributed by atoms with E-state index >= 15 is 0 Å². The molecule has 7 heteroatoms. The minimum atomic E-state index is -0.365. The monoisotopic (exact) mass is 216 g/mol. The van der Waals surface area contributed by atoms with Gasteiger partial charge in [-0.05, 0) is 0 Å². The molecular weight excluding hydrogens is 211 g/mol. The topological polar surface area (TPSA) is 85.2 Å². The Morgan fingerprint density at radius 3 is 2.58 bits per heavy atom. The largest absolute Gasteiger partial charge is 1.00 e. The summed E-state index contributed by atoms with van der Waals surface area (Å²) < 4.78 is 4.63. The number of alkyl halides is 1. The molecule has 0 aromatic rings. The van der Waals surface area contributed by atoms with Gasteiger partial charge in [-0.1, -0.05) is 0 Å². The molecule has 1 atom stereocenters. The third-order valence-corrected chi connectivity index (χ3v) is 1.26. The zero-order valence-electron chi connectivity index (χ0n) is 6.54. The van der Waals surface area contributed by atoms with Crippen molar-refractivity contribution in [1.82, 2.24) is 5.32 Å². The van der Waals surface area contributed by atoms with Crippen LogP contribution in [0.2, 0.25) is 0 Å². The minimum absolute atomic E-state index is 0. The first-order valence-corrected chi connectivity index (χ1v) is 3.29. The quantitative estimate of drug-likeness (QED) is 0.277. The molecule has 1 saturated heterocycles. The number of amides is 1. The standard InChI is InChI=1S/C4H6ClNO2.CHNO.K/c5-1-3-2-6-4(7)8-3;2-1-3;/h3H,1-2H2,(H,6,7);3H;/q;;+1/p-1/t3-;;/m0../s1. The van der Waals surface area contributed by atoms with Gasteiger partial charge in [0, 0.05) is 6.26 Å². The van der Waals surface area contributed by atoms with E-state index in [0.717, 1.165) is 0 Å². The zero-order chi connectivity index (χ0) is 8.69. The van der Waals surface area contributed by atoms with E-state index in [0.29, 0.717) is 18.7 Å². The van der Waals surface area contributed by atoms with Crippen LogP contribution in [0.25, 0.3) is 0 Å². The van der Waals surface area contributed by atoms with Crippen molar-refractivity contribution in [2.45, 2.75) is 6.10 Å². The zero-order valence-corrected chi connectivity index (χ0v) is 10.4. The molecule has 0 unspecified atom stereocenters. The van der Waals surface area contributed by atoms with Gasteiger partial charge in [0.15, 0.2) is 0 Å². The molecular formula is C5H6ClKN2O3. The summed E-state index contributed by atoms with van der Waals surface area (Å²) in [5.74, 6) is 0.374. The average Bonchev–Trinajstić information content (AvgIpc) is 2.37. The van der Waals surface area contributed by atoms with Gasteiger partial charge >= 0.3 is 57.5 Å². The van der Waals surface area contributed by atoms with Gasteiger partial charge in [-0.3, -0.25) is 0 Å². The number of hydrogen-bond acceptors (Lipinski definition) is 4. The van der Waals surface area contributed by atoms with E-state index in [4.69, 9.17) is 22.0 Å². The molecule has 0 aliphatic carbocycles. The Balaban J connectivity index is 0. The summed E-state index contributed by atoms with van der Waals surface area (Å²) in [6, 6.07) is 0. The number of ether oxygens (including phenoxy) is 1. The van der Waals surface area contributed by atoms with Gasteiger partial charge in [-0.25, -0.2) is 10.1 Å². The summed E-state index contributed by atoms with van der Waals surface area (Å²) in [6.07, 6.45) is 0.0137. The van der Waals surface area contributed by atoms with Crippen LogP contribution in [-0.4, -0.2) is 24.6 Å². The first-order chi connectivity index (χ1) is 5.24. The van der Waals surface area contributed by atoms with Gasteiger partial charge in [0.2, 0.25) is 0 Å². The third kappa shape index (κ3) is 7.15. The molecule has 0 aromatic carbocycles. The van der Waals surface area contributed by atoms with Crippen molar-refractivity contribution in [1.29, 1.82) is 5.26 Å². The first kappa shape index (κ1) is 15.0. The van der Waals surface area contributed by atoms with Gasteiger partial charge < -0.3 is 15.2 Å². The number of halogens is 1. The number of cyclic esters (lactones) is 1. The van der Waals surface area contributed by atoms with Crippen LogP contribution in [0.4, 0.5) is 4.79 Å². The summed E-state index contributed by atoms with van der Waals surface area (Å²) in [7, 11) is 0. The minimum Gasteiger partial charge on any atom is -0.812 e. The van der Waals surface area contributed by atoms with Crippen LogP contribution in [0.5, 0.6) is 0 Å². The Morgan fingerprint density at radius 1 is 1.92 bits per heavy atom. The van der Waals surface area contributed by atoms with Crippen molar-refractivity contribution in [2.24, 2.45) is 0 Å². The van der Waals surface area contributed by atoms with Crippen LogP contribution in [0, 0.1) is 11.5 Å². The second-order valence-electron chi connectivity index (χ2n) is 1.65. The van der Waals surface area contributed by atoms with Crippen molar-refractivity contribution in [3.63, 3.8) is 0 Å². The van der Waals surface area contributed by atoms with Gasteiger partial charge in [-0.15, -0.1) is 11.6 Å². The number of rotatable bonds is 1. The summed E-state index contributed by atoms with van der Waals surface area (Å²) in [4.78, 5) is 10.2. The molecule has 1 heterocycles. The number of alkyl carbamates (subject to hydrolysis) is 1. The fourth-order valence-electron chi connectivity index (χ4n) is 0.518. The van der Waals surface area contributed by atoms with Crippen molar-refractivity contribution >= 4 is 17.7 Å². The predicted molar refractivity (Wildman–Crippen MR) is 34.6 cm³/mol. The molecule has 5 nitrogen and oxygen atoms in total. The van der Waals surface area contributed by atoms with Crippen LogP contribution >= 0.6 is 11.6 Å². The molecule has 1 amide bonds. The Bertz CT molecular complexity index is 173. The van der Waals surface area contributed by atoms with Crippen molar-refractivity contribution < 1.29 is 66.0 Å². The number of carbonyl (C=O) groups is 1. The van der Waals surface area contributed by atoms with Crippen molar-refractivity contribution in [3.8, 4) is 6.26 Å². The molecule has 0 saturated carbocycles. The fraction of sp³-hybridized carbons (Fsp3) is 0.600. The maximum atomic E-state index is 10.2. The SMILES string of the molecule is N#C[O-].O=C1NC[C@H](CCl)O1.[K+]. The summed E-state index contributed by atoms with van der Waals surface area (Å²) in [6.45, 7) is 0.544.